The molecule has 0 spiro atoms. The Labute approximate surface area is 183 Å². The molecule has 4 rings (SSSR count). The van der Waals surface area contributed by atoms with E-state index in [1.807, 2.05) is 0 Å². The Kier molecular flexibility index (Phi) is 5.67. The van der Waals surface area contributed by atoms with E-state index in [-0.39, 0.29) is 28.3 Å². The van der Waals surface area contributed by atoms with Gasteiger partial charge in [-0.25, -0.2) is 4.98 Å². The number of fused-ring (bicyclic) bond motifs is 1. The second kappa shape index (κ2) is 8.20. The SMILES string of the molecule is Cc1nc(C(F)(F)F)ccc1C(=O)Nc1cc(-c2onc3c2CCCC3)cc(C(F)(F)F)c1. The quantitative estimate of drug-likeness (QED) is 0.463. The minimum atomic E-state index is -4.71. The number of halogens is 6. The van der Waals surface area contributed by atoms with E-state index in [4.69, 9.17) is 4.52 Å². The number of hydrogen-bond donors (Lipinski definition) is 1. The molecule has 1 aliphatic carbocycles. The molecule has 174 valence electrons. The predicted molar refractivity (Wildman–Crippen MR) is 106 cm³/mol. The summed E-state index contributed by atoms with van der Waals surface area (Å²) in [4.78, 5) is 16.0. The molecule has 1 aromatic carbocycles. The van der Waals surface area contributed by atoms with Gasteiger partial charge in [0.05, 0.1) is 22.5 Å². The summed E-state index contributed by atoms with van der Waals surface area (Å²) in [7, 11) is 0. The van der Waals surface area contributed by atoms with Crippen LogP contribution in [0.4, 0.5) is 32.0 Å². The molecule has 1 amide bonds. The average Bonchev–Trinajstić information content (AvgIpc) is 3.16. The number of benzene rings is 1. The maximum absolute atomic E-state index is 13.5. The molecule has 0 fully saturated rings. The molecule has 3 aromatic rings. The van der Waals surface area contributed by atoms with Crippen molar-refractivity contribution in [2.24, 2.45) is 0 Å². The predicted octanol–water partition coefficient (Wildman–Crippen LogP) is 6.21. The topological polar surface area (TPSA) is 68.0 Å². The third-order valence-electron chi connectivity index (χ3n) is 5.36. The first-order valence-electron chi connectivity index (χ1n) is 10.00. The maximum atomic E-state index is 13.5. The summed E-state index contributed by atoms with van der Waals surface area (Å²) < 4.78 is 84.4. The highest BCUT2D eigenvalue weighted by atomic mass is 19.4. The largest absolute Gasteiger partial charge is 0.433 e. The van der Waals surface area contributed by atoms with Crippen molar-refractivity contribution in [2.75, 3.05) is 5.32 Å². The number of aromatic nitrogens is 2. The zero-order valence-electron chi connectivity index (χ0n) is 17.2. The number of carbonyl (C=O) groups excluding carboxylic acids is 1. The Morgan fingerprint density at radius 2 is 1.73 bits per heavy atom. The van der Waals surface area contributed by atoms with Crippen molar-refractivity contribution >= 4 is 11.6 Å². The summed E-state index contributed by atoms with van der Waals surface area (Å²) in [6.45, 7) is 1.21. The van der Waals surface area contributed by atoms with Crippen LogP contribution in [0.2, 0.25) is 0 Å². The molecule has 0 atom stereocenters. The van der Waals surface area contributed by atoms with Gasteiger partial charge in [0.15, 0.2) is 5.76 Å². The fraction of sp³-hybridized carbons (Fsp3) is 0.318. The number of nitrogens with one attached hydrogen (secondary N) is 1. The van der Waals surface area contributed by atoms with Crippen molar-refractivity contribution in [3.63, 3.8) is 0 Å². The normalized spacial score (nSPS) is 14.2. The molecule has 0 unspecified atom stereocenters. The Balaban J connectivity index is 1.70. The number of pyridine rings is 1. The number of aryl methyl sites for hydroxylation is 2. The highest BCUT2D eigenvalue weighted by molar-refractivity contribution is 6.05. The van der Waals surface area contributed by atoms with Crippen LogP contribution in [0, 0.1) is 6.92 Å². The van der Waals surface area contributed by atoms with E-state index < -0.39 is 29.5 Å². The standard InChI is InChI=1S/C22H17F6N3O2/c1-11-15(6-7-18(29-11)22(26,27)28)20(32)30-14-9-12(8-13(10-14)21(23,24)25)19-16-4-2-3-5-17(16)31-33-19/h6-10H,2-5H2,1H3,(H,30,32). The molecule has 0 saturated carbocycles. The van der Waals surface area contributed by atoms with Gasteiger partial charge < -0.3 is 9.84 Å². The molecule has 33 heavy (non-hydrogen) atoms. The molecule has 1 N–H and O–H groups in total. The lowest BCUT2D eigenvalue weighted by atomic mass is 9.93. The Morgan fingerprint density at radius 1 is 1.00 bits per heavy atom. The van der Waals surface area contributed by atoms with Gasteiger partial charge in [0.1, 0.15) is 5.69 Å². The van der Waals surface area contributed by atoms with Crippen LogP contribution in [0.25, 0.3) is 11.3 Å². The summed E-state index contributed by atoms with van der Waals surface area (Å²) in [5.74, 6) is -0.683. The van der Waals surface area contributed by atoms with Crippen molar-refractivity contribution in [2.45, 2.75) is 45.0 Å². The summed E-state index contributed by atoms with van der Waals surface area (Å²) >= 11 is 0. The van der Waals surface area contributed by atoms with Crippen LogP contribution < -0.4 is 5.32 Å². The van der Waals surface area contributed by atoms with E-state index in [2.05, 4.69) is 15.5 Å². The van der Waals surface area contributed by atoms with Crippen LogP contribution in [0.1, 0.15) is 51.4 Å². The molecule has 0 bridgehead atoms. The van der Waals surface area contributed by atoms with Gasteiger partial charge in [-0.1, -0.05) is 5.16 Å². The maximum Gasteiger partial charge on any atom is 0.433 e. The minimum Gasteiger partial charge on any atom is -0.356 e. The van der Waals surface area contributed by atoms with Gasteiger partial charge >= 0.3 is 12.4 Å². The molecule has 0 aliphatic heterocycles. The zero-order chi connectivity index (χ0) is 24.0. The molecule has 2 heterocycles. The van der Waals surface area contributed by atoms with Crippen LogP contribution >= 0.6 is 0 Å². The van der Waals surface area contributed by atoms with Crippen LogP contribution in [0.15, 0.2) is 34.9 Å². The lowest BCUT2D eigenvalue weighted by Crippen LogP contribution is -2.17. The first kappa shape index (κ1) is 22.8. The number of rotatable bonds is 3. The van der Waals surface area contributed by atoms with Gasteiger partial charge in [-0.15, -0.1) is 0 Å². The van der Waals surface area contributed by atoms with Crippen LogP contribution in [0.5, 0.6) is 0 Å². The van der Waals surface area contributed by atoms with Crippen molar-refractivity contribution in [3.05, 3.63) is 64.1 Å². The van der Waals surface area contributed by atoms with Gasteiger partial charge in [0.2, 0.25) is 0 Å². The van der Waals surface area contributed by atoms with Gasteiger partial charge in [-0.2, -0.15) is 26.3 Å². The van der Waals surface area contributed by atoms with Crippen molar-refractivity contribution in [1.29, 1.82) is 0 Å². The fourth-order valence-corrected chi connectivity index (χ4v) is 3.77. The number of amides is 1. The van der Waals surface area contributed by atoms with E-state index in [9.17, 15) is 31.1 Å². The van der Waals surface area contributed by atoms with Gasteiger partial charge in [0, 0.05) is 16.8 Å². The fourth-order valence-electron chi connectivity index (χ4n) is 3.77. The van der Waals surface area contributed by atoms with Crippen LogP contribution in [-0.2, 0) is 25.2 Å². The second-order valence-corrected chi connectivity index (χ2v) is 7.72. The molecular weight excluding hydrogens is 452 g/mol. The van der Waals surface area contributed by atoms with E-state index in [0.29, 0.717) is 24.6 Å². The third kappa shape index (κ3) is 4.71. The molecule has 5 nitrogen and oxygen atoms in total. The Hall–Kier alpha value is -3.37. The summed E-state index contributed by atoms with van der Waals surface area (Å²) in [6.07, 6.45) is -6.36. The van der Waals surface area contributed by atoms with Crippen molar-refractivity contribution in [1.82, 2.24) is 10.1 Å². The molecule has 0 saturated heterocycles. The van der Waals surface area contributed by atoms with E-state index in [0.717, 1.165) is 36.6 Å². The van der Waals surface area contributed by atoms with E-state index >= 15 is 0 Å². The summed E-state index contributed by atoms with van der Waals surface area (Å²) in [6, 6.07) is 4.55. The summed E-state index contributed by atoms with van der Waals surface area (Å²) in [5.41, 5.74) is -1.25. The first-order valence-corrected chi connectivity index (χ1v) is 10.00. The van der Waals surface area contributed by atoms with Crippen LogP contribution in [-0.4, -0.2) is 16.0 Å². The van der Waals surface area contributed by atoms with Gasteiger partial charge in [0.25, 0.3) is 5.91 Å². The second-order valence-electron chi connectivity index (χ2n) is 7.72. The first-order chi connectivity index (χ1) is 15.4. The lowest BCUT2D eigenvalue weighted by molar-refractivity contribution is -0.141. The van der Waals surface area contributed by atoms with Crippen molar-refractivity contribution < 1.29 is 35.7 Å². The lowest BCUT2D eigenvalue weighted by Gasteiger charge is -2.14. The monoisotopic (exact) mass is 469 g/mol. The number of anilines is 1. The highest BCUT2D eigenvalue weighted by Gasteiger charge is 2.34. The number of carbonyl (C=O) groups is 1. The smallest absolute Gasteiger partial charge is 0.356 e. The summed E-state index contributed by atoms with van der Waals surface area (Å²) in [5, 5.41) is 6.29. The van der Waals surface area contributed by atoms with E-state index in [1.165, 1.54) is 13.0 Å². The Bertz CT molecular complexity index is 1210. The van der Waals surface area contributed by atoms with Crippen molar-refractivity contribution in [3.8, 4) is 11.3 Å². The minimum absolute atomic E-state index is 0.0954. The molecule has 0 radical (unpaired) electrons. The third-order valence-corrected chi connectivity index (χ3v) is 5.36. The molecule has 11 heteroatoms. The molecule has 2 aromatic heterocycles. The van der Waals surface area contributed by atoms with Gasteiger partial charge in [-0.3, -0.25) is 4.79 Å². The molecule has 1 aliphatic rings. The average molecular weight is 469 g/mol. The van der Waals surface area contributed by atoms with Crippen LogP contribution in [0.3, 0.4) is 0 Å². The number of alkyl halides is 6. The number of nitrogens with zero attached hydrogens (tertiary/aromatic N) is 2. The Morgan fingerprint density at radius 3 is 2.39 bits per heavy atom. The number of hydrogen-bond acceptors (Lipinski definition) is 4. The van der Waals surface area contributed by atoms with E-state index in [1.54, 1.807) is 0 Å². The highest BCUT2D eigenvalue weighted by Crippen LogP contribution is 2.38. The van der Waals surface area contributed by atoms with Gasteiger partial charge in [-0.05, 0) is 62.9 Å². The molecular formula is C22H17F6N3O2. The zero-order valence-corrected chi connectivity index (χ0v) is 17.2.